The summed E-state index contributed by atoms with van der Waals surface area (Å²) in [6, 6.07) is 6.69. The zero-order valence-electron chi connectivity index (χ0n) is 8.53. The summed E-state index contributed by atoms with van der Waals surface area (Å²) in [4.78, 5) is 10.9. The highest BCUT2D eigenvalue weighted by Gasteiger charge is 2.15. The second kappa shape index (κ2) is 5.73. The summed E-state index contributed by atoms with van der Waals surface area (Å²) >= 11 is 5.74. The van der Waals surface area contributed by atoms with Crippen LogP contribution in [0.25, 0.3) is 0 Å². The highest BCUT2D eigenvalue weighted by atomic mass is 35.5. The largest absolute Gasteiger partial charge is 0.480 e. The predicted molar refractivity (Wildman–Crippen MR) is 60.3 cm³/mol. The van der Waals surface area contributed by atoms with Gasteiger partial charge in [-0.2, -0.15) is 0 Å². The number of nitrogens with one attached hydrogen (secondary N) is 1. The van der Waals surface area contributed by atoms with E-state index in [0.29, 0.717) is 18.0 Å². The predicted octanol–water partition coefficient (Wildman–Crippen LogP) is 1.95. The summed E-state index contributed by atoms with van der Waals surface area (Å²) in [7, 11) is 0. The molecule has 3 nitrogen and oxygen atoms in total. The molecule has 1 aromatic rings. The third kappa shape index (κ3) is 3.90. The fourth-order valence-corrected chi connectivity index (χ4v) is 1.48. The van der Waals surface area contributed by atoms with Crippen LogP contribution in [0.3, 0.4) is 0 Å². The molecule has 0 aliphatic rings. The lowest BCUT2D eigenvalue weighted by molar-refractivity contribution is -0.139. The summed E-state index contributed by atoms with van der Waals surface area (Å²) in [6.45, 7) is 2.53. The Morgan fingerprint density at radius 3 is 2.53 bits per heavy atom. The average molecular weight is 228 g/mol. The maximum atomic E-state index is 10.9. The molecule has 82 valence electrons. The maximum absolute atomic E-state index is 10.9. The molecule has 0 unspecified atom stereocenters. The van der Waals surface area contributed by atoms with Gasteiger partial charge in [0.25, 0.3) is 0 Å². The van der Waals surface area contributed by atoms with E-state index in [9.17, 15) is 4.79 Å². The number of carbonyl (C=O) groups is 1. The van der Waals surface area contributed by atoms with Gasteiger partial charge in [0.15, 0.2) is 0 Å². The first kappa shape index (κ1) is 12.0. The van der Waals surface area contributed by atoms with Crippen LogP contribution in [-0.4, -0.2) is 23.7 Å². The van der Waals surface area contributed by atoms with E-state index >= 15 is 0 Å². The SMILES string of the molecule is CCN[C@@H](Cc1ccc(Cl)cc1)C(=O)O. The zero-order valence-corrected chi connectivity index (χ0v) is 9.29. The van der Waals surface area contributed by atoms with Crippen molar-refractivity contribution in [2.45, 2.75) is 19.4 Å². The van der Waals surface area contributed by atoms with Crippen molar-refractivity contribution in [2.24, 2.45) is 0 Å². The molecule has 1 atom stereocenters. The van der Waals surface area contributed by atoms with E-state index in [2.05, 4.69) is 5.32 Å². The fraction of sp³-hybridized carbons (Fsp3) is 0.364. The quantitative estimate of drug-likeness (QED) is 0.809. The summed E-state index contributed by atoms with van der Waals surface area (Å²) < 4.78 is 0. The van der Waals surface area contributed by atoms with Crippen LogP contribution in [0, 0.1) is 0 Å². The zero-order chi connectivity index (χ0) is 11.3. The van der Waals surface area contributed by atoms with E-state index in [4.69, 9.17) is 16.7 Å². The van der Waals surface area contributed by atoms with Crippen molar-refractivity contribution >= 4 is 17.6 Å². The van der Waals surface area contributed by atoms with Gasteiger partial charge >= 0.3 is 5.97 Å². The van der Waals surface area contributed by atoms with Crippen LogP contribution in [0.4, 0.5) is 0 Å². The molecule has 0 amide bonds. The number of hydrogen-bond acceptors (Lipinski definition) is 2. The molecule has 0 bridgehead atoms. The van der Waals surface area contributed by atoms with Gasteiger partial charge in [-0.25, -0.2) is 0 Å². The van der Waals surface area contributed by atoms with E-state index in [-0.39, 0.29) is 0 Å². The normalized spacial score (nSPS) is 12.4. The molecule has 0 aromatic heterocycles. The highest BCUT2D eigenvalue weighted by molar-refractivity contribution is 6.30. The monoisotopic (exact) mass is 227 g/mol. The minimum absolute atomic E-state index is 0.473. The molecule has 15 heavy (non-hydrogen) atoms. The Kier molecular flexibility index (Phi) is 4.59. The average Bonchev–Trinajstić information content (AvgIpc) is 2.20. The molecule has 0 saturated heterocycles. The summed E-state index contributed by atoms with van der Waals surface area (Å²) in [5.74, 6) is -0.827. The van der Waals surface area contributed by atoms with Crippen LogP contribution in [0.1, 0.15) is 12.5 Å². The molecule has 0 aliphatic heterocycles. The highest BCUT2D eigenvalue weighted by Crippen LogP contribution is 2.11. The third-order valence-corrected chi connectivity index (χ3v) is 2.35. The Bertz CT molecular complexity index is 324. The Balaban J connectivity index is 2.65. The van der Waals surface area contributed by atoms with Gasteiger partial charge in [0.2, 0.25) is 0 Å². The molecule has 0 fully saturated rings. The van der Waals surface area contributed by atoms with Crippen LogP contribution < -0.4 is 5.32 Å². The van der Waals surface area contributed by atoms with Gasteiger partial charge in [-0.05, 0) is 30.7 Å². The third-order valence-electron chi connectivity index (χ3n) is 2.10. The van der Waals surface area contributed by atoms with Gasteiger partial charge in [-0.3, -0.25) is 4.79 Å². The van der Waals surface area contributed by atoms with Crippen molar-refractivity contribution < 1.29 is 9.90 Å². The van der Waals surface area contributed by atoms with Gasteiger partial charge in [-0.1, -0.05) is 30.7 Å². The number of hydrogen-bond donors (Lipinski definition) is 2. The van der Waals surface area contributed by atoms with E-state index < -0.39 is 12.0 Å². The van der Waals surface area contributed by atoms with Gasteiger partial charge in [0.1, 0.15) is 6.04 Å². The molecule has 1 aromatic carbocycles. The molecule has 4 heteroatoms. The lowest BCUT2D eigenvalue weighted by atomic mass is 10.1. The first-order valence-electron chi connectivity index (χ1n) is 4.84. The van der Waals surface area contributed by atoms with E-state index in [1.807, 2.05) is 19.1 Å². The lowest BCUT2D eigenvalue weighted by Gasteiger charge is -2.12. The smallest absolute Gasteiger partial charge is 0.321 e. The Morgan fingerprint density at radius 2 is 2.07 bits per heavy atom. The van der Waals surface area contributed by atoms with Crippen molar-refractivity contribution in [3.63, 3.8) is 0 Å². The molecule has 0 spiro atoms. The molecule has 0 heterocycles. The summed E-state index contributed by atoms with van der Waals surface area (Å²) in [6.07, 6.45) is 0.473. The minimum Gasteiger partial charge on any atom is -0.480 e. The van der Waals surface area contributed by atoms with Crippen LogP contribution >= 0.6 is 11.6 Å². The number of halogens is 1. The summed E-state index contributed by atoms with van der Waals surface area (Å²) in [5.41, 5.74) is 0.966. The second-order valence-electron chi connectivity index (χ2n) is 3.28. The Labute approximate surface area is 94.1 Å². The topological polar surface area (TPSA) is 49.3 Å². The molecule has 2 N–H and O–H groups in total. The van der Waals surface area contributed by atoms with Gasteiger partial charge in [0.05, 0.1) is 0 Å². The minimum atomic E-state index is -0.827. The first-order chi connectivity index (χ1) is 7.13. The molecule has 0 aliphatic carbocycles. The number of aliphatic carboxylic acids is 1. The van der Waals surface area contributed by atoms with Crippen molar-refractivity contribution in [3.8, 4) is 0 Å². The first-order valence-corrected chi connectivity index (χ1v) is 5.22. The number of rotatable bonds is 5. The number of benzene rings is 1. The van der Waals surface area contributed by atoms with Crippen molar-refractivity contribution in [2.75, 3.05) is 6.54 Å². The molecular formula is C11H14ClNO2. The van der Waals surface area contributed by atoms with Gasteiger partial charge < -0.3 is 10.4 Å². The van der Waals surface area contributed by atoms with Gasteiger partial charge in [0, 0.05) is 5.02 Å². The van der Waals surface area contributed by atoms with E-state index in [1.54, 1.807) is 12.1 Å². The molecule has 0 radical (unpaired) electrons. The second-order valence-corrected chi connectivity index (χ2v) is 3.72. The van der Waals surface area contributed by atoms with E-state index in [1.165, 1.54) is 0 Å². The van der Waals surface area contributed by atoms with Crippen molar-refractivity contribution in [1.29, 1.82) is 0 Å². The van der Waals surface area contributed by atoms with Crippen molar-refractivity contribution in [1.82, 2.24) is 5.32 Å². The van der Waals surface area contributed by atoms with Crippen LogP contribution in [0.2, 0.25) is 5.02 Å². The van der Waals surface area contributed by atoms with E-state index in [0.717, 1.165) is 5.56 Å². The number of carboxylic acids is 1. The maximum Gasteiger partial charge on any atom is 0.321 e. The number of carboxylic acid groups (broad SMARTS) is 1. The standard InChI is InChI=1S/C11H14ClNO2/c1-2-13-10(11(14)15)7-8-3-5-9(12)6-4-8/h3-6,10,13H,2,7H2,1H3,(H,14,15)/t10-/m0/s1. The molecule has 1 rings (SSSR count). The lowest BCUT2D eigenvalue weighted by Crippen LogP contribution is -2.38. The molecular weight excluding hydrogens is 214 g/mol. The van der Waals surface area contributed by atoms with Crippen LogP contribution in [0.15, 0.2) is 24.3 Å². The number of likely N-dealkylation sites (N-methyl/N-ethyl adjacent to an activating group) is 1. The van der Waals surface area contributed by atoms with Gasteiger partial charge in [-0.15, -0.1) is 0 Å². The summed E-state index contributed by atoms with van der Waals surface area (Å²) in [5, 5.41) is 12.5. The Morgan fingerprint density at radius 1 is 1.47 bits per heavy atom. The van der Waals surface area contributed by atoms with Crippen LogP contribution in [-0.2, 0) is 11.2 Å². The fourth-order valence-electron chi connectivity index (χ4n) is 1.35. The van der Waals surface area contributed by atoms with Crippen molar-refractivity contribution in [3.05, 3.63) is 34.9 Å². The van der Waals surface area contributed by atoms with Crippen LogP contribution in [0.5, 0.6) is 0 Å². The Hall–Kier alpha value is -1.06. The molecule has 0 saturated carbocycles.